The Morgan fingerprint density at radius 2 is 2.27 bits per heavy atom. The standard InChI is InChI=1S/C15H13N3OS3/c1-10-6-7-20-13(10)8-16-18-14(19)9-21-15-17-11-4-2-3-5-12(11)22-15/h2-8H,9H2,1H3,(H,18,19)/b16-8+. The minimum absolute atomic E-state index is 0.130. The van der Waals surface area contributed by atoms with E-state index in [1.165, 1.54) is 11.8 Å². The summed E-state index contributed by atoms with van der Waals surface area (Å²) in [6.07, 6.45) is 1.68. The number of fused-ring (bicyclic) bond motifs is 1. The van der Waals surface area contributed by atoms with Gasteiger partial charge in [0, 0.05) is 4.88 Å². The van der Waals surface area contributed by atoms with Gasteiger partial charge in [-0.3, -0.25) is 4.79 Å². The van der Waals surface area contributed by atoms with Gasteiger partial charge in [-0.1, -0.05) is 23.9 Å². The van der Waals surface area contributed by atoms with Gasteiger partial charge in [0.25, 0.3) is 5.91 Å². The lowest BCUT2D eigenvalue weighted by molar-refractivity contribution is -0.118. The van der Waals surface area contributed by atoms with Crippen LogP contribution in [0, 0.1) is 6.92 Å². The number of thiophene rings is 1. The molecule has 2 heterocycles. The summed E-state index contributed by atoms with van der Waals surface area (Å²) in [5.74, 6) is 0.176. The van der Waals surface area contributed by atoms with E-state index < -0.39 is 0 Å². The number of rotatable bonds is 5. The molecule has 0 aliphatic heterocycles. The second-order valence-corrected chi connectivity index (χ2v) is 7.70. The van der Waals surface area contributed by atoms with Gasteiger partial charge in [-0.05, 0) is 36.1 Å². The number of hydrogen-bond acceptors (Lipinski definition) is 6. The van der Waals surface area contributed by atoms with E-state index in [0.717, 1.165) is 25.0 Å². The zero-order chi connectivity index (χ0) is 15.4. The number of amides is 1. The van der Waals surface area contributed by atoms with Crippen molar-refractivity contribution in [3.8, 4) is 0 Å². The van der Waals surface area contributed by atoms with Crippen molar-refractivity contribution in [1.29, 1.82) is 0 Å². The van der Waals surface area contributed by atoms with Gasteiger partial charge in [-0.25, -0.2) is 10.4 Å². The summed E-state index contributed by atoms with van der Waals surface area (Å²) in [7, 11) is 0. The van der Waals surface area contributed by atoms with Gasteiger partial charge in [0.2, 0.25) is 0 Å². The molecule has 112 valence electrons. The number of aryl methyl sites for hydroxylation is 1. The van der Waals surface area contributed by atoms with Gasteiger partial charge in [-0.2, -0.15) is 5.10 Å². The number of hydrazone groups is 1. The number of thiazole rings is 1. The highest BCUT2D eigenvalue weighted by Gasteiger charge is 2.07. The van der Waals surface area contributed by atoms with E-state index in [-0.39, 0.29) is 5.91 Å². The van der Waals surface area contributed by atoms with Crippen LogP contribution in [0.2, 0.25) is 0 Å². The number of aromatic nitrogens is 1. The van der Waals surface area contributed by atoms with Crippen LogP contribution in [-0.2, 0) is 4.79 Å². The van der Waals surface area contributed by atoms with Crippen molar-refractivity contribution in [1.82, 2.24) is 10.4 Å². The Morgan fingerprint density at radius 1 is 1.41 bits per heavy atom. The zero-order valence-electron chi connectivity index (χ0n) is 11.8. The predicted molar refractivity (Wildman–Crippen MR) is 95.1 cm³/mol. The first kappa shape index (κ1) is 15.2. The highest BCUT2D eigenvalue weighted by molar-refractivity contribution is 8.01. The van der Waals surface area contributed by atoms with Crippen molar-refractivity contribution in [2.24, 2.45) is 5.10 Å². The molecule has 1 aromatic carbocycles. The normalized spacial score (nSPS) is 11.3. The maximum absolute atomic E-state index is 11.8. The van der Waals surface area contributed by atoms with Crippen LogP contribution in [0.1, 0.15) is 10.4 Å². The third-order valence-corrected chi connectivity index (χ3v) is 6.01. The average molecular weight is 347 g/mol. The number of nitrogens with one attached hydrogen (secondary N) is 1. The quantitative estimate of drug-likeness (QED) is 0.432. The second-order valence-electron chi connectivity index (χ2n) is 4.50. The molecule has 0 radical (unpaired) electrons. The molecule has 0 bridgehead atoms. The summed E-state index contributed by atoms with van der Waals surface area (Å²) in [6, 6.07) is 9.98. The van der Waals surface area contributed by atoms with Gasteiger partial charge in [-0.15, -0.1) is 22.7 Å². The SMILES string of the molecule is Cc1ccsc1/C=N/NC(=O)CSc1nc2ccccc2s1. The van der Waals surface area contributed by atoms with E-state index in [9.17, 15) is 4.79 Å². The largest absolute Gasteiger partial charge is 0.272 e. The highest BCUT2D eigenvalue weighted by Crippen LogP contribution is 2.28. The molecular weight excluding hydrogens is 334 g/mol. The second kappa shape index (κ2) is 7.04. The third-order valence-electron chi connectivity index (χ3n) is 2.87. The molecule has 0 saturated heterocycles. The first-order chi connectivity index (χ1) is 10.7. The maximum atomic E-state index is 11.8. The van der Waals surface area contributed by atoms with Crippen molar-refractivity contribution in [2.45, 2.75) is 11.3 Å². The number of benzene rings is 1. The molecule has 0 atom stereocenters. The fourth-order valence-electron chi connectivity index (χ4n) is 1.75. The van der Waals surface area contributed by atoms with E-state index in [4.69, 9.17) is 0 Å². The summed E-state index contributed by atoms with van der Waals surface area (Å²) in [6.45, 7) is 2.02. The fraction of sp³-hybridized carbons (Fsp3) is 0.133. The molecular formula is C15H13N3OS3. The number of para-hydroxylation sites is 1. The summed E-state index contributed by atoms with van der Waals surface area (Å²) < 4.78 is 2.03. The molecule has 3 rings (SSSR count). The molecule has 0 fully saturated rings. The van der Waals surface area contributed by atoms with Gasteiger partial charge in [0.15, 0.2) is 4.34 Å². The molecule has 4 nitrogen and oxygen atoms in total. The summed E-state index contributed by atoms with van der Waals surface area (Å²) in [4.78, 5) is 17.3. The topological polar surface area (TPSA) is 54.4 Å². The van der Waals surface area contributed by atoms with E-state index in [2.05, 4.69) is 15.5 Å². The lowest BCUT2D eigenvalue weighted by Gasteiger charge is -1.97. The van der Waals surface area contributed by atoms with E-state index in [1.807, 2.05) is 42.6 Å². The van der Waals surface area contributed by atoms with Crippen LogP contribution in [0.25, 0.3) is 10.2 Å². The van der Waals surface area contributed by atoms with Gasteiger partial charge in [0.1, 0.15) is 0 Å². The van der Waals surface area contributed by atoms with Crippen LogP contribution in [0.5, 0.6) is 0 Å². The Morgan fingerprint density at radius 3 is 3.05 bits per heavy atom. The number of carbonyl (C=O) groups is 1. The lowest BCUT2D eigenvalue weighted by atomic mass is 10.3. The summed E-state index contributed by atoms with van der Waals surface area (Å²) in [5.41, 5.74) is 4.68. The fourth-order valence-corrected chi connectivity index (χ4v) is 4.40. The molecule has 2 aromatic heterocycles. The van der Waals surface area contributed by atoms with Crippen LogP contribution in [0.4, 0.5) is 0 Å². The number of hydrogen-bond donors (Lipinski definition) is 1. The Labute approximate surface area is 140 Å². The van der Waals surface area contributed by atoms with E-state index in [1.54, 1.807) is 28.9 Å². The van der Waals surface area contributed by atoms with Crippen molar-refractivity contribution < 1.29 is 4.79 Å². The highest BCUT2D eigenvalue weighted by atomic mass is 32.2. The van der Waals surface area contributed by atoms with Crippen molar-refractivity contribution >= 4 is 56.8 Å². The maximum Gasteiger partial charge on any atom is 0.250 e. The van der Waals surface area contributed by atoms with Crippen LogP contribution in [0.15, 0.2) is 45.2 Å². The molecule has 0 aliphatic carbocycles. The molecule has 1 amide bonds. The van der Waals surface area contributed by atoms with Crippen LogP contribution >= 0.6 is 34.4 Å². The third kappa shape index (κ3) is 3.73. The Bertz CT molecular complexity index is 789. The zero-order valence-corrected chi connectivity index (χ0v) is 14.2. The summed E-state index contributed by atoms with van der Waals surface area (Å²) >= 11 is 4.63. The van der Waals surface area contributed by atoms with Crippen molar-refractivity contribution in [2.75, 3.05) is 5.75 Å². The molecule has 7 heteroatoms. The first-order valence-electron chi connectivity index (χ1n) is 6.57. The molecule has 1 N–H and O–H groups in total. The number of thioether (sulfide) groups is 1. The van der Waals surface area contributed by atoms with Crippen LogP contribution in [0.3, 0.4) is 0 Å². The minimum Gasteiger partial charge on any atom is -0.272 e. The molecule has 0 aliphatic rings. The van der Waals surface area contributed by atoms with Gasteiger partial charge >= 0.3 is 0 Å². The van der Waals surface area contributed by atoms with Crippen molar-refractivity contribution in [3.05, 3.63) is 46.2 Å². The monoisotopic (exact) mass is 347 g/mol. The molecule has 0 spiro atoms. The Kier molecular flexibility index (Phi) is 4.87. The van der Waals surface area contributed by atoms with Crippen molar-refractivity contribution in [3.63, 3.8) is 0 Å². The van der Waals surface area contributed by atoms with E-state index >= 15 is 0 Å². The Hall–Kier alpha value is -1.70. The lowest BCUT2D eigenvalue weighted by Crippen LogP contribution is -2.19. The summed E-state index contributed by atoms with van der Waals surface area (Å²) in [5, 5.41) is 5.99. The number of carbonyl (C=O) groups excluding carboxylic acids is 1. The molecule has 0 unspecified atom stereocenters. The average Bonchev–Trinajstić information content (AvgIpc) is 3.11. The minimum atomic E-state index is -0.130. The predicted octanol–water partition coefficient (Wildman–Crippen LogP) is 3.91. The van der Waals surface area contributed by atoms with E-state index in [0.29, 0.717) is 5.75 Å². The molecule has 3 aromatic rings. The van der Waals surface area contributed by atoms with Gasteiger partial charge < -0.3 is 0 Å². The Balaban J connectivity index is 1.52. The van der Waals surface area contributed by atoms with Crippen LogP contribution < -0.4 is 5.43 Å². The molecule has 0 saturated carbocycles. The smallest absolute Gasteiger partial charge is 0.250 e. The number of nitrogens with zero attached hydrogens (tertiary/aromatic N) is 2. The van der Waals surface area contributed by atoms with Gasteiger partial charge in [0.05, 0.1) is 22.2 Å². The van der Waals surface area contributed by atoms with Crippen LogP contribution in [-0.4, -0.2) is 22.9 Å². The first-order valence-corrected chi connectivity index (χ1v) is 9.25. The molecule has 22 heavy (non-hydrogen) atoms.